The van der Waals surface area contributed by atoms with Gasteiger partial charge in [0.15, 0.2) is 0 Å². The van der Waals surface area contributed by atoms with Gasteiger partial charge in [-0.05, 0) is 32.0 Å². The maximum absolute atomic E-state index is 11.8. The first-order chi connectivity index (χ1) is 8.26. The minimum absolute atomic E-state index is 0.0932. The Labute approximate surface area is 109 Å². The molecule has 98 valence electrons. The van der Waals surface area contributed by atoms with Gasteiger partial charge < -0.3 is 15.6 Å². The van der Waals surface area contributed by atoms with Crippen LogP contribution in [0.5, 0.6) is 0 Å². The number of nitrogens with two attached hydrogens (primary N) is 1. The number of nitrogen functional groups attached to an aromatic ring is 1. The van der Waals surface area contributed by atoms with Crippen molar-refractivity contribution in [2.45, 2.75) is 19.4 Å². The highest BCUT2D eigenvalue weighted by atomic mass is 35.5. The summed E-state index contributed by atoms with van der Waals surface area (Å²) in [5.74, 6) is -1.69. The number of carboxylic acid groups (broad SMARTS) is 1. The molecule has 0 unspecified atom stereocenters. The molecule has 0 aliphatic carbocycles. The van der Waals surface area contributed by atoms with Crippen LogP contribution in [0.1, 0.15) is 34.6 Å². The van der Waals surface area contributed by atoms with Gasteiger partial charge in [0.25, 0.3) is 0 Å². The highest BCUT2D eigenvalue weighted by Crippen LogP contribution is 2.18. The van der Waals surface area contributed by atoms with E-state index in [0.717, 1.165) is 0 Å². The summed E-state index contributed by atoms with van der Waals surface area (Å²) >= 11 is 5.64. The van der Waals surface area contributed by atoms with E-state index in [-0.39, 0.29) is 22.7 Å². The van der Waals surface area contributed by atoms with Crippen LogP contribution < -0.4 is 5.73 Å². The number of hydrogen-bond acceptors (Lipinski definition) is 4. The van der Waals surface area contributed by atoms with Gasteiger partial charge in [0, 0.05) is 5.69 Å². The molecule has 0 aliphatic rings. The van der Waals surface area contributed by atoms with Crippen LogP contribution in [-0.2, 0) is 4.74 Å². The molecule has 0 aromatic heterocycles. The van der Waals surface area contributed by atoms with E-state index in [4.69, 9.17) is 27.2 Å². The summed E-state index contributed by atoms with van der Waals surface area (Å²) in [6, 6.07) is 3.95. The van der Waals surface area contributed by atoms with E-state index in [0.29, 0.717) is 0 Å². The molecule has 6 heteroatoms. The van der Waals surface area contributed by atoms with Gasteiger partial charge in [-0.2, -0.15) is 0 Å². The smallest absolute Gasteiger partial charge is 0.338 e. The quantitative estimate of drug-likeness (QED) is 0.497. The largest absolute Gasteiger partial charge is 0.478 e. The number of anilines is 1. The fourth-order valence-corrected chi connectivity index (χ4v) is 1.26. The van der Waals surface area contributed by atoms with Crippen LogP contribution in [0.25, 0.3) is 0 Å². The van der Waals surface area contributed by atoms with Crippen LogP contribution in [0.2, 0.25) is 0 Å². The number of alkyl halides is 1. The van der Waals surface area contributed by atoms with Crippen molar-refractivity contribution in [1.82, 2.24) is 0 Å². The van der Waals surface area contributed by atoms with Crippen molar-refractivity contribution in [2.24, 2.45) is 0 Å². The third kappa shape index (κ3) is 3.37. The number of aromatic carboxylic acids is 1. The van der Waals surface area contributed by atoms with Crippen molar-refractivity contribution in [3.05, 3.63) is 29.3 Å². The lowest BCUT2D eigenvalue weighted by Crippen LogP contribution is -2.30. The molecular weight excluding hydrogens is 258 g/mol. The standard InChI is InChI=1S/C12H14ClNO4/c1-12(2,6-13)18-11(17)7-3-4-9(14)8(5-7)10(15)16/h3-5H,6,14H2,1-2H3,(H,15,16). The molecule has 3 N–H and O–H groups in total. The highest BCUT2D eigenvalue weighted by Gasteiger charge is 2.23. The Hall–Kier alpha value is -1.75. The number of hydrogen-bond donors (Lipinski definition) is 2. The molecule has 18 heavy (non-hydrogen) atoms. The van der Waals surface area contributed by atoms with E-state index >= 15 is 0 Å². The molecule has 5 nitrogen and oxygen atoms in total. The fourth-order valence-electron chi connectivity index (χ4n) is 1.21. The average molecular weight is 272 g/mol. The van der Waals surface area contributed by atoms with Gasteiger partial charge in [0.1, 0.15) is 5.60 Å². The zero-order valence-corrected chi connectivity index (χ0v) is 10.8. The van der Waals surface area contributed by atoms with Crippen molar-refractivity contribution in [1.29, 1.82) is 0 Å². The third-order valence-electron chi connectivity index (χ3n) is 2.21. The zero-order valence-electron chi connectivity index (χ0n) is 10.1. The molecule has 1 rings (SSSR count). The number of carbonyl (C=O) groups is 2. The topological polar surface area (TPSA) is 89.6 Å². The summed E-state index contributed by atoms with van der Waals surface area (Å²) in [6.07, 6.45) is 0. The van der Waals surface area contributed by atoms with E-state index in [1.165, 1.54) is 18.2 Å². The number of esters is 1. The second kappa shape index (κ2) is 5.27. The Bertz CT molecular complexity index is 485. The molecule has 1 aromatic carbocycles. The highest BCUT2D eigenvalue weighted by molar-refractivity contribution is 6.18. The molecule has 0 amide bonds. The van der Waals surface area contributed by atoms with Crippen molar-refractivity contribution in [3.63, 3.8) is 0 Å². The Morgan fingerprint density at radius 1 is 1.44 bits per heavy atom. The fraction of sp³-hybridized carbons (Fsp3) is 0.333. The number of carboxylic acids is 1. The Balaban J connectivity index is 3.01. The first-order valence-corrected chi connectivity index (χ1v) is 5.72. The Morgan fingerprint density at radius 3 is 2.56 bits per heavy atom. The van der Waals surface area contributed by atoms with Crippen molar-refractivity contribution in [3.8, 4) is 0 Å². The van der Waals surface area contributed by atoms with Gasteiger partial charge in [-0.3, -0.25) is 0 Å². The van der Waals surface area contributed by atoms with Crippen LogP contribution in [0.3, 0.4) is 0 Å². The number of rotatable bonds is 4. The first kappa shape index (κ1) is 14.3. The van der Waals surface area contributed by atoms with Gasteiger partial charge in [-0.1, -0.05) is 0 Å². The lowest BCUT2D eigenvalue weighted by molar-refractivity contribution is 0.00828. The van der Waals surface area contributed by atoms with Gasteiger partial charge in [0.2, 0.25) is 0 Å². The molecule has 0 atom stereocenters. The average Bonchev–Trinajstić information content (AvgIpc) is 2.28. The van der Waals surface area contributed by atoms with Crippen LogP contribution in [0, 0.1) is 0 Å². The number of carbonyl (C=O) groups excluding carboxylic acids is 1. The molecule has 0 heterocycles. The molecule has 0 fully saturated rings. The molecule has 0 saturated carbocycles. The summed E-state index contributed by atoms with van der Waals surface area (Å²) in [5.41, 5.74) is 4.76. The number of benzene rings is 1. The van der Waals surface area contributed by atoms with Crippen LogP contribution in [0.15, 0.2) is 18.2 Å². The monoisotopic (exact) mass is 271 g/mol. The van der Waals surface area contributed by atoms with Gasteiger partial charge in [0.05, 0.1) is 17.0 Å². The predicted molar refractivity (Wildman–Crippen MR) is 68.0 cm³/mol. The maximum atomic E-state index is 11.8. The zero-order chi connectivity index (χ0) is 13.9. The van der Waals surface area contributed by atoms with E-state index in [1.54, 1.807) is 13.8 Å². The lowest BCUT2D eigenvalue weighted by atomic mass is 10.1. The molecule has 0 saturated heterocycles. The van der Waals surface area contributed by atoms with Gasteiger partial charge >= 0.3 is 11.9 Å². The number of ether oxygens (including phenoxy) is 1. The maximum Gasteiger partial charge on any atom is 0.338 e. The number of halogens is 1. The van der Waals surface area contributed by atoms with Crippen molar-refractivity contribution in [2.75, 3.05) is 11.6 Å². The third-order valence-corrected chi connectivity index (χ3v) is 2.85. The summed E-state index contributed by atoms with van der Waals surface area (Å²) in [6.45, 7) is 3.32. The minimum atomic E-state index is -1.20. The van der Waals surface area contributed by atoms with Crippen LogP contribution in [-0.4, -0.2) is 28.5 Å². The van der Waals surface area contributed by atoms with E-state index < -0.39 is 17.5 Å². The lowest BCUT2D eigenvalue weighted by Gasteiger charge is -2.22. The second-order valence-corrected chi connectivity index (χ2v) is 4.66. The summed E-state index contributed by atoms with van der Waals surface area (Å²) < 4.78 is 5.14. The molecule has 0 radical (unpaired) electrons. The van der Waals surface area contributed by atoms with Crippen LogP contribution >= 0.6 is 11.6 Å². The molecule has 0 bridgehead atoms. The van der Waals surface area contributed by atoms with Gasteiger partial charge in [-0.25, -0.2) is 9.59 Å². The normalized spacial score (nSPS) is 11.1. The molecule has 0 spiro atoms. The van der Waals surface area contributed by atoms with Crippen molar-refractivity contribution < 1.29 is 19.4 Å². The molecular formula is C12H14ClNO4. The van der Waals surface area contributed by atoms with Crippen molar-refractivity contribution >= 4 is 29.2 Å². The summed E-state index contributed by atoms with van der Waals surface area (Å²) in [7, 11) is 0. The first-order valence-electron chi connectivity index (χ1n) is 5.19. The van der Waals surface area contributed by atoms with E-state index in [2.05, 4.69) is 0 Å². The summed E-state index contributed by atoms with van der Waals surface area (Å²) in [4.78, 5) is 22.7. The van der Waals surface area contributed by atoms with Gasteiger partial charge in [-0.15, -0.1) is 11.6 Å². The van der Waals surface area contributed by atoms with Crippen LogP contribution in [0.4, 0.5) is 5.69 Å². The SMILES string of the molecule is CC(C)(CCl)OC(=O)c1ccc(N)c(C(=O)O)c1. The second-order valence-electron chi connectivity index (χ2n) is 4.39. The molecule has 1 aromatic rings. The Morgan fingerprint density at radius 2 is 2.06 bits per heavy atom. The van der Waals surface area contributed by atoms with E-state index in [1.807, 2.05) is 0 Å². The molecule has 0 aliphatic heterocycles. The van der Waals surface area contributed by atoms with E-state index in [9.17, 15) is 9.59 Å². The Kier molecular flexibility index (Phi) is 4.19. The summed E-state index contributed by atoms with van der Waals surface area (Å²) in [5, 5.41) is 8.90. The minimum Gasteiger partial charge on any atom is -0.478 e. The predicted octanol–water partition coefficient (Wildman–Crippen LogP) is 2.14.